The summed E-state index contributed by atoms with van der Waals surface area (Å²) in [5.74, 6) is -0.816. The first kappa shape index (κ1) is 18.8. The van der Waals surface area contributed by atoms with Crippen LogP contribution in [0.25, 0.3) is 0 Å². The maximum atomic E-state index is 12.8. The zero-order valence-electron chi connectivity index (χ0n) is 14.7. The van der Waals surface area contributed by atoms with Gasteiger partial charge in [-0.15, -0.1) is 0 Å². The smallest absolute Gasteiger partial charge is 0.243 e. The zero-order valence-corrected chi connectivity index (χ0v) is 15.5. The van der Waals surface area contributed by atoms with E-state index in [4.69, 9.17) is 5.73 Å². The third kappa shape index (κ3) is 3.91. The van der Waals surface area contributed by atoms with Gasteiger partial charge in [-0.3, -0.25) is 9.59 Å². The minimum atomic E-state index is -3.58. The van der Waals surface area contributed by atoms with Gasteiger partial charge in [0.2, 0.25) is 21.8 Å². The molecule has 8 heteroatoms. The lowest BCUT2D eigenvalue weighted by Crippen LogP contribution is -2.49. The molecule has 2 fully saturated rings. The first-order chi connectivity index (χ1) is 12.4. The molecule has 0 saturated carbocycles. The second kappa shape index (κ2) is 7.75. The molecule has 26 heavy (non-hydrogen) atoms. The number of amides is 2. The lowest BCUT2D eigenvalue weighted by atomic mass is 9.93. The van der Waals surface area contributed by atoms with Crippen molar-refractivity contribution in [1.82, 2.24) is 9.21 Å². The average Bonchev–Trinajstić information content (AvgIpc) is 2.68. The molecule has 2 aliphatic heterocycles. The number of sulfonamides is 1. The number of likely N-dealkylation sites (tertiary alicyclic amines) is 1. The largest absolute Gasteiger partial charge is 0.369 e. The van der Waals surface area contributed by atoms with Crippen LogP contribution in [0.15, 0.2) is 35.2 Å². The van der Waals surface area contributed by atoms with Crippen molar-refractivity contribution >= 4 is 21.8 Å². The molecule has 2 amide bonds. The predicted molar refractivity (Wildman–Crippen MR) is 96.4 cm³/mol. The summed E-state index contributed by atoms with van der Waals surface area (Å²) in [6.45, 7) is 1.67. The van der Waals surface area contributed by atoms with Crippen molar-refractivity contribution in [2.45, 2.75) is 30.6 Å². The molecular weight excluding hydrogens is 354 g/mol. The molecule has 0 radical (unpaired) electrons. The summed E-state index contributed by atoms with van der Waals surface area (Å²) < 4.78 is 27.0. The summed E-state index contributed by atoms with van der Waals surface area (Å²) in [5.41, 5.74) is 5.34. The van der Waals surface area contributed by atoms with Crippen molar-refractivity contribution in [3.8, 4) is 0 Å². The standard InChI is InChI=1S/C18H25N3O4S/c19-17(22)14-8-11-20(12-9-14)18(23)15-5-4-10-21(13-15)26(24,25)16-6-2-1-3-7-16/h1-3,6-7,14-15H,4-5,8-13H2,(H2,19,22)/t15-/m0/s1. The lowest BCUT2D eigenvalue weighted by Gasteiger charge is -2.37. The van der Waals surface area contributed by atoms with Gasteiger partial charge in [-0.25, -0.2) is 8.42 Å². The van der Waals surface area contributed by atoms with Gasteiger partial charge in [-0.2, -0.15) is 4.31 Å². The molecule has 2 aliphatic rings. The van der Waals surface area contributed by atoms with E-state index in [9.17, 15) is 18.0 Å². The van der Waals surface area contributed by atoms with E-state index in [0.717, 1.165) is 0 Å². The summed E-state index contributed by atoms with van der Waals surface area (Å²) in [5, 5.41) is 0. The summed E-state index contributed by atoms with van der Waals surface area (Å²) in [4.78, 5) is 26.1. The minimum Gasteiger partial charge on any atom is -0.369 e. The Labute approximate surface area is 154 Å². The van der Waals surface area contributed by atoms with Crippen molar-refractivity contribution in [3.05, 3.63) is 30.3 Å². The minimum absolute atomic E-state index is 0.0131. The Morgan fingerprint density at radius 2 is 1.62 bits per heavy atom. The van der Waals surface area contributed by atoms with Crippen molar-refractivity contribution < 1.29 is 18.0 Å². The topological polar surface area (TPSA) is 101 Å². The molecule has 0 unspecified atom stereocenters. The fourth-order valence-electron chi connectivity index (χ4n) is 3.75. The SMILES string of the molecule is NC(=O)C1CCN(C(=O)[C@H]2CCCN(S(=O)(=O)c3ccccc3)C2)CC1. The van der Waals surface area contributed by atoms with Crippen molar-refractivity contribution in [1.29, 1.82) is 0 Å². The first-order valence-electron chi connectivity index (χ1n) is 9.03. The van der Waals surface area contributed by atoms with Gasteiger partial charge in [0.25, 0.3) is 0 Å². The van der Waals surface area contributed by atoms with E-state index in [1.807, 2.05) is 0 Å². The van der Waals surface area contributed by atoms with Crippen LogP contribution in [-0.2, 0) is 19.6 Å². The molecule has 2 N–H and O–H groups in total. The Morgan fingerprint density at radius 3 is 2.23 bits per heavy atom. The van der Waals surface area contributed by atoms with Crippen LogP contribution in [0.2, 0.25) is 0 Å². The van der Waals surface area contributed by atoms with Gasteiger partial charge in [-0.05, 0) is 37.8 Å². The van der Waals surface area contributed by atoms with E-state index in [1.54, 1.807) is 35.2 Å². The first-order valence-corrected chi connectivity index (χ1v) is 10.5. The highest BCUT2D eigenvalue weighted by Crippen LogP contribution is 2.26. The molecule has 0 spiro atoms. The maximum Gasteiger partial charge on any atom is 0.243 e. The third-order valence-corrected chi connectivity index (χ3v) is 7.20. The number of nitrogens with two attached hydrogens (primary N) is 1. The number of rotatable bonds is 4. The van der Waals surface area contributed by atoms with E-state index in [-0.39, 0.29) is 35.1 Å². The number of nitrogens with zero attached hydrogens (tertiary/aromatic N) is 2. The van der Waals surface area contributed by atoms with Gasteiger partial charge in [0.1, 0.15) is 0 Å². The molecule has 1 atom stereocenters. The van der Waals surface area contributed by atoms with Gasteiger partial charge in [0.05, 0.1) is 10.8 Å². The van der Waals surface area contributed by atoms with Crippen LogP contribution in [0.5, 0.6) is 0 Å². The molecule has 2 saturated heterocycles. The molecule has 7 nitrogen and oxygen atoms in total. The van der Waals surface area contributed by atoms with E-state index in [1.165, 1.54) is 4.31 Å². The number of hydrogen-bond acceptors (Lipinski definition) is 4. The Balaban J connectivity index is 1.65. The van der Waals surface area contributed by atoms with Gasteiger partial charge < -0.3 is 10.6 Å². The lowest BCUT2D eigenvalue weighted by molar-refractivity contribution is -0.139. The predicted octanol–water partition coefficient (Wildman–Crippen LogP) is 0.811. The second-order valence-electron chi connectivity index (χ2n) is 7.02. The van der Waals surface area contributed by atoms with E-state index < -0.39 is 10.0 Å². The van der Waals surface area contributed by atoms with E-state index in [0.29, 0.717) is 45.3 Å². The van der Waals surface area contributed by atoms with Crippen molar-refractivity contribution in [2.24, 2.45) is 17.6 Å². The Bertz CT molecular complexity index is 758. The molecule has 0 bridgehead atoms. The highest BCUT2D eigenvalue weighted by Gasteiger charge is 2.36. The Hall–Kier alpha value is -1.93. The summed E-state index contributed by atoms with van der Waals surface area (Å²) in [6.07, 6.45) is 2.52. The van der Waals surface area contributed by atoms with Gasteiger partial charge in [0, 0.05) is 32.1 Å². The molecule has 0 aliphatic carbocycles. The van der Waals surface area contributed by atoms with Crippen LogP contribution in [0.3, 0.4) is 0 Å². The highest BCUT2D eigenvalue weighted by molar-refractivity contribution is 7.89. The average molecular weight is 379 g/mol. The number of benzene rings is 1. The van der Waals surface area contributed by atoms with Crippen molar-refractivity contribution in [2.75, 3.05) is 26.2 Å². The van der Waals surface area contributed by atoms with Crippen LogP contribution < -0.4 is 5.73 Å². The number of carbonyl (C=O) groups is 2. The van der Waals surface area contributed by atoms with Gasteiger partial charge in [0.15, 0.2) is 0 Å². The zero-order chi connectivity index (χ0) is 18.7. The van der Waals surface area contributed by atoms with Crippen LogP contribution in [0.1, 0.15) is 25.7 Å². The second-order valence-corrected chi connectivity index (χ2v) is 8.96. The summed E-state index contributed by atoms with van der Waals surface area (Å²) in [7, 11) is -3.58. The number of piperidine rings is 2. The number of hydrogen-bond donors (Lipinski definition) is 1. The molecule has 1 aromatic carbocycles. The normalized spacial score (nSPS) is 22.9. The molecule has 1 aromatic rings. The van der Waals surface area contributed by atoms with E-state index in [2.05, 4.69) is 0 Å². The van der Waals surface area contributed by atoms with Gasteiger partial charge in [-0.1, -0.05) is 18.2 Å². The number of primary amides is 1. The molecule has 2 heterocycles. The van der Waals surface area contributed by atoms with Crippen molar-refractivity contribution in [3.63, 3.8) is 0 Å². The quantitative estimate of drug-likeness (QED) is 0.836. The molecule has 0 aromatic heterocycles. The van der Waals surface area contributed by atoms with E-state index >= 15 is 0 Å². The van der Waals surface area contributed by atoms with Gasteiger partial charge >= 0.3 is 0 Å². The Morgan fingerprint density at radius 1 is 0.962 bits per heavy atom. The number of carbonyl (C=O) groups excluding carboxylic acids is 2. The van der Waals surface area contributed by atoms with Crippen LogP contribution in [0.4, 0.5) is 0 Å². The fourth-order valence-corrected chi connectivity index (χ4v) is 5.29. The summed E-state index contributed by atoms with van der Waals surface area (Å²) >= 11 is 0. The third-order valence-electron chi connectivity index (χ3n) is 5.32. The van der Waals surface area contributed by atoms with Crippen LogP contribution in [0, 0.1) is 11.8 Å². The van der Waals surface area contributed by atoms with Crippen LogP contribution in [-0.4, -0.2) is 55.6 Å². The Kier molecular flexibility index (Phi) is 5.62. The molecule has 3 rings (SSSR count). The highest BCUT2D eigenvalue weighted by atomic mass is 32.2. The fraction of sp³-hybridized carbons (Fsp3) is 0.556. The maximum absolute atomic E-state index is 12.8. The molecule has 142 valence electrons. The summed E-state index contributed by atoms with van der Waals surface area (Å²) in [6, 6.07) is 8.33. The monoisotopic (exact) mass is 379 g/mol. The molecular formula is C18H25N3O4S. The van der Waals surface area contributed by atoms with Crippen LogP contribution >= 0.6 is 0 Å².